The summed E-state index contributed by atoms with van der Waals surface area (Å²) >= 11 is 0. The summed E-state index contributed by atoms with van der Waals surface area (Å²) in [5.41, 5.74) is 7.15. The summed E-state index contributed by atoms with van der Waals surface area (Å²) in [6, 6.07) is 10.6. The maximum Gasteiger partial charge on any atom is 0.409 e. The van der Waals surface area contributed by atoms with Gasteiger partial charge in [-0.2, -0.15) is 9.61 Å². The zero-order valence-corrected chi connectivity index (χ0v) is 9.72. The molecule has 7 heteroatoms. The fourth-order valence-electron chi connectivity index (χ4n) is 1.72. The lowest BCUT2D eigenvalue weighted by atomic mass is 10.1. The average molecular weight is 255 g/mol. The molecule has 0 unspecified atom stereocenters. The van der Waals surface area contributed by atoms with E-state index in [2.05, 4.69) is 15.3 Å². The van der Waals surface area contributed by atoms with Crippen molar-refractivity contribution >= 4 is 11.7 Å². The highest BCUT2D eigenvalue weighted by atomic mass is 16.5. The molecule has 7 nitrogen and oxygen atoms in total. The summed E-state index contributed by atoms with van der Waals surface area (Å²) in [6.07, 6.45) is 0.669. The molecule has 0 saturated heterocycles. The van der Waals surface area contributed by atoms with E-state index >= 15 is 0 Å². The minimum atomic E-state index is -0.848. The topological polar surface area (TPSA) is 95.4 Å². The molecule has 0 saturated carbocycles. The number of rotatable bonds is 2. The Hall–Kier alpha value is -2.96. The molecule has 19 heavy (non-hydrogen) atoms. The maximum absolute atomic E-state index is 10.7. The summed E-state index contributed by atoms with van der Waals surface area (Å²) in [4.78, 5) is 10.7. The van der Waals surface area contributed by atoms with E-state index < -0.39 is 6.09 Å². The Kier molecular flexibility index (Phi) is 2.57. The summed E-state index contributed by atoms with van der Waals surface area (Å²) in [5.74, 6) is 0.371. The first-order valence-corrected chi connectivity index (χ1v) is 5.47. The largest absolute Gasteiger partial charge is 0.410 e. The lowest BCUT2D eigenvalue weighted by Crippen LogP contribution is -2.16. The van der Waals surface area contributed by atoms with E-state index in [1.807, 2.05) is 12.1 Å². The fraction of sp³-hybridized carbons (Fsp3) is 0. The Bertz CT molecular complexity index is 752. The Morgan fingerprint density at radius 3 is 3.00 bits per heavy atom. The lowest BCUT2D eigenvalue weighted by Gasteiger charge is -2.04. The first-order valence-electron chi connectivity index (χ1n) is 5.47. The smallest absolute Gasteiger partial charge is 0.409 e. The number of aromatic nitrogens is 4. The van der Waals surface area contributed by atoms with Crippen molar-refractivity contribution in [2.24, 2.45) is 5.73 Å². The van der Waals surface area contributed by atoms with Crippen molar-refractivity contribution in [2.75, 3.05) is 0 Å². The van der Waals surface area contributed by atoms with Gasteiger partial charge in [0, 0.05) is 5.56 Å². The summed E-state index contributed by atoms with van der Waals surface area (Å²) in [6.45, 7) is 0. The Morgan fingerprint density at radius 1 is 1.26 bits per heavy atom. The van der Waals surface area contributed by atoms with E-state index in [1.54, 1.807) is 28.8 Å². The molecule has 2 aromatic heterocycles. The molecule has 1 aromatic carbocycles. The number of primary amides is 1. The first kappa shape index (κ1) is 11.1. The molecule has 0 bridgehead atoms. The lowest BCUT2D eigenvalue weighted by molar-refractivity contribution is 0.211. The number of fused-ring (bicyclic) bond motifs is 1. The minimum absolute atomic E-state index is 0.371. The predicted molar refractivity (Wildman–Crippen MR) is 66.4 cm³/mol. The highest BCUT2D eigenvalue weighted by Crippen LogP contribution is 2.22. The number of nitrogens with zero attached hydrogens (tertiary/aromatic N) is 4. The molecule has 2 N–H and O–H groups in total. The number of nitrogens with two attached hydrogens (primary N) is 1. The highest BCUT2D eigenvalue weighted by Gasteiger charge is 2.05. The van der Waals surface area contributed by atoms with Gasteiger partial charge < -0.3 is 10.5 Å². The molecule has 0 atom stereocenters. The molecule has 0 aliphatic rings. The number of benzene rings is 1. The van der Waals surface area contributed by atoms with E-state index in [4.69, 9.17) is 10.5 Å². The van der Waals surface area contributed by atoms with Crippen LogP contribution >= 0.6 is 0 Å². The molecular weight excluding hydrogens is 246 g/mol. The second-order valence-corrected chi connectivity index (χ2v) is 3.80. The van der Waals surface area contributed by atoms with Gasteiger partial charge in [0.15, 0.2) is 5.65 Å². The van der Waals surface area contributed by atoms with Crippen LogP contribution in [-0.2, 0) is 0 Å². The molecule has 3 rings (SSSR count). The molecule has 0 fully saturated rings. The molecule has 0 aliphatic carbocycles. The highest BCUT2D eigenvalue weighted by molar-refractivity contribution is 5.69. The van der Waals surface area contributed by atoms with Gasteiger partial charge in [0.05, 0.1) is 5.69 Å². The molecular formula is C12H9N5O2. The van der Waals surface area contributed by atoms with E-state index in [1.165, 1.54) is 6.33 Å². The number of hydrogen-bond acceptors (Lipinski definition) is 5. The Labute approximate surface area is 107 Å². The average Bonchev–Trinajstić information content (AvgIpc) is 2.85. The van der Waals surface area contributed by atoms with Crippen LogP contribution in [0.4, 0.5) is 4.79 Å². The minimum Gasteiger partial charge on any atom is -0.410 e. The standard InChI is InChI=1S/C12H9N5O2/c13-12(18)19-9-3-1-2-8(6-9)10-4-5-11-15-14-7-17(11)16-10/h1-7H,(H2,13,18). The number of amides is 1. The number of carbonyl (C=O) groups excluding carboxylic acids is 1. The zero-order chi connectivity index (χ0) is 13.2. The van der Waals surface area contributed by atoms with Gasteiger partial charge >= 0.3 is 6.09 Å². The summed E-state index contributed by atoms with van der Waals surface area (Å²) < 4.78 is 6.39. The number of ether oxygens (including phenoxy) is 1. The van der Waals surface area contributed by atoms with Crippen LogP contribution in [0.25, 0.3) is 16.9 Å². The van der Waals surface area contributed by atoms with E-state index in [0.717, 1.165) is 5.56 Å². The van der Waals surface area contributed by atoms with Crippen LogP contribution in [0, 0.1) is 0 Å². The molecule has 2 heterocycles. The van der Waals surface area contributed by atoms with Crippen molar-refractivity contribution < 1.29 is 9.53 Å². The van der Waals surface area contributed by atoms with Crippen molar-refractivity contribution in [3.05, 3.63) is 42.7 Å². The normalized spacial score (nSPS) is 10.5. The Morgan fingerprint density at radius 2 is 2.16 bits per heavy atom. The van der Waals surface area contributed by atoms with Gasteiger partial charge in [0.1, 0.15) is 12.1 Å². The number of carbonyl (C=O) groups is 1. The van der Waals surface area contributed by atoms with Crippen LogP contribution in [0.2, 0.25) is 0 Å². The zero-order valence-electron chi connectivity index (χ0n) is 9.72. The van der Waals surface area contributed by atoms with E-state index in [-0.39, 0.29) is 0 Å². The predicted octanol–water partition coefficient (Wildman–Crippen LogP) is 1.25. The maximum atomic E-state index is 10.7. The van der Waals surface area contributed by atoms with Crippen molar-refractivity contribution in [1.29, 1.82) is 0 Å². The summed E-state index contributed by atoms with van der Waals surface area (Å²) in [5, 5.41) is 12.0. The quantitative estimate of drug-likeness (QED) is 0.743. The van der Waals surface area contributed by atoms with E-state index in [9.17, 15) is 4.79 Å². The van der Waals surface area contributed by atoms with E-state index in [0.29, 0.717) is 17.1 Å². The van der Waals surface area contributed by atoms with Crippen molar-refractivity contribution in [3.63, 3.8) is 0 Å². The van der Waals surface area contributed by atoms with Crippen LogP contribution in [-0.4, -0.2) is 25.9 Å². The van der Waals surface area contributed by atoms with Gasteiger partial charge in [0.2, 0.25) is 0 Å². The molecule has 1 amide bonds. The van der Waals surface area contributed by atoms with Crippen LogP contribution in [0.3, 0.4) is 0 Å². The second kappa shape index (κ2) is 4.37. The summed E-state index contributed by atoms with van der Waals surface area (Å²) in [7, 11) is 0. The van der Waals surface area contributed by atoms with Gasteiger partial charge in [-0.1, -0.05) is 12.1 Å². The monoisotopic (exact) mass is 255 g/mol. The van der Waals surface area contributed by atoms with Gasteiger partial charge in [-0.25, -0.2) is 4.79 Å². The third-order valence-electron chi connectivity index (χ3n) is 2.51. The molecule has 94 valence electrons. The SMILES string of the molecule is NC(=O)Oc1cccc(-c2ccc3nncn3n2)c1. The van der Waals surface area contributed by atoms with Gasteiger partial charge in [0.25, 0.3) is 0 Å². The number of hydrogen-bond donors (Lipinski definition) is 1. The third-order valence-corrected chi connectivity index (χ3v) is 2.51. The van der Waals surface area contributed by atoms with Crippen molar-refractivity contribution in [2.45, 2.75) is 0 Å². The second-order valence-electron chi connectivity index (χ2n) is 3.80. The van der Waals surface area contributed by atoms with Gasteiger partial charge in [-0.3, -0.25) is 0 Å². The van der Waals surface area contributed by atoms with Crippen LogP contribution < -0.4 is 10.5 Å². The van der Waals surface area contributed by atoms with Crippen molar-refractivity contribution in [1.82, 2.24) is 19.8 Å². The molecule has 0 spiro atoms. The Balaban J connectivity index is 2.02. The molecule has 0 aliphatic heterocycles. The first-order chi connectivity index (χ1) is 9.22. The van der Waals surface area contributed by atoms with Crippen molar-refractivity contribution in [3.8, 4) is 17.0 Å². The van der Waals surface area contributed by atoms with Gasteiger partial charge in [-0.15, -0.1) is 10.2 Å². The molecule has 0 radical (unpaired) electrons. The molecule has 3 aromatic rings. The van der Waals surface area contributed by atoms with Crippen LogP contribution in [0.1, 0.15) is 0 Å². The van der Waals surface area contributed by atoms with Crippen LogP contribution in [0.5, 0.6) is 5.75 Å². The third kappa shape index (κ3) is 2.21. The van der Waals surface area contributed by atoms with Gasteiger partial charge in [-0.05, 0) is 24.3 Å². The fourth-order valence-corrected chi connectivity index (χ4v) is 1.72. The van der Waals surface area contributed by atoms with Crippen LogP contribution in [0.15, 0.2) is 42.7 Å².